The molecule has 0 unspecified atom stereocenters. The Hall–Kier alpha value is -3.22. The number of amides is 1. The molecule has 6 heteroatoms. The highest BCUT2D eigenvalue weighted by Crippen LogP contribution is 2.23. The van der Waals surface area contributed by atoms with Crippen molar-refractivity contribution in [1.82, 2.24) is 10.3 Å². The van der Waals surface area contributed by atoms with Crippen molar-refractivity contribution in [3.05, 3.63) is 77.5 Å². The van der Waals surface area contributed by atoms with E-state index in [1.807, 2.05) is 30.5 Å². The van der Waals surface area contributed by atoms with Crippen LogP contribution in [0.2, 0.25) is 0 Å². The molecule has 1 amide bonds. The first-order chi connectivity index (χ1) is 14.6. The third-order valence-electron chi connectivity index (χ3n) is 4.80. The van der Waals surface area contributed by atoms with Gasteiger partial charge in [-0.1, -0.05) is 30.3 Å². The fraction of sp³-hybridized carbons (Fsp3) is 0.250. The Morgan fingerprint density at radius 3 is 2.60 bits per heavy atom. The minimum Gasteiger partial charge on any atom is -0.397 e. The van der Waals surface area contributed by atoms with Crippen LogP contribution in [0, 0.1) is 6.92 Å². The number of nitrogen functional groups attached to an aromatic ring is 1. The lowest BCUT2D eigenvalue weighted by Crippen LogP contribution is -2.16. The molecule has 0 aliphatic rings. The number of pyridine rings is 1. The Balaban J connectivity index is 1.64. The highest BCUT2D eigenvalue weighted by molar-refractivity contribution is 6.05. The van der Waals surface area contributed by atoms with Gasteiger partial charge >= 0.3 is 0 Å². The van der Waals surface area contributed by atoms with E-state index in [-0.39, 0.29) is 5.91 Å². The third kappa shape index (κ3) is 5.65. The van der Waals surface area contributed by atoms with Gasteiger partial charge in [-0.15, -0.1) is 0 Å². The number of ether oxygens (including phenoxy) is 1. The zero-order chi connectivity index (χ0) is 21.3. The van der Waals surface area contributed by atoms with E-state index in [1.165, 1.54) is 0 Å². The van der Waals surface area contributed by atoms with Crippen molar-refractivity contribution in [2.24, 2.45) is 0 Å². The number of hydrogen-bond donors (Lipinski definition) is 3. The van der Waals surface area contributed by atoms with Gasteiger partial charge in [-0.05, 0) is 55.3 Å². The lowest BCUT2D eigenvalue weighted by molar-refractivity contribution is 0.102. The van der Waals surface area contributed by atoms with E-state index in [9.17, 15) is 4.79 Å². The molecule has 4 N–H and O–H groups in total. The maximum Gasteiger partial charge on any atom is 0.255 e. The molecule has 156 valence electrons. The first kappa shape index (κ1) is 21.5. The molecule has 0 bridgehead atoms. The first-order valence-corrected chi connectivity index (χ1v) is 10.00. The summed E-state index contributed by atoms with van der Waals surface area (Å²) < 4.78 is 5.05. The number of benzene rings is 2. The predicted molar refractivity (Wildman–Crippen MR) is 121 cm³/mol. The number of aryl methyl sites for hydroxylation is 1. The molecule has 0 aliphatic carbocycles. The fourth-order valence-electron chi connectivity index (χ4n) is 3.19. The van der Waals surface area contributed by atoms with Gasteiger partial charge in [0.1, 0.15) is 0 Å². The van der Waals surface area contributed by atoms with Crippen molar-refractivity contribution in [3.63, 3.8) is 0 Å². The van der Waals surface area contributed by atoms with Gasteiger partial charge < -0.3 is 21.1 Å². The minimum absolute atomic E-state index is 0.195. The van der Waals surface area contributed by atoms with E-state index in [1.54, 1.807) is 31.4 Å². The molecule has 30 heavy (non-hydrogen) atoms. The van der Waals surface area contributed by atoms with Crippen LogP contribution in [-0.4, -0.2) is 31.2 Å². The predicted octanol–water partition coefficient (Wildman–Crippen LogP) is 4.02. The average molecular weight is 405 g/mol. The molecule has 0 aliphatic heterocycles. The molecule has 2 aromatic carbocycles. The number of hydrogen-bond acceptors (Lipinski definition) is 5. The van der Waals surface area contributed by atoms with Crippen LogP contribution in [0.5, 0.6) is 0 Å². The smallest absolute Gasteiger partial charge is 0.255 e. The molecule has 0 saturated carbocycles. The molecule has 6 nitrogen and oxygen atoms in total. The van der Waals surface area contributed by atoms with Crippen molar-refractivity contribution in [3.8, 4) is 11.3 Å². The van der Waals surface area contributed by atoms with Crippen molar-refractivity contribution >= 4 is 17.3 Å². The van der Waals surface area contributed by atoms with E-state index in [2.05, 4.69) is 28.6 Å². The van der Waals surface area contributed by atoms with Gasteiger partial charge in [-0.2, -0.15) is 0 Å². The number of nitrogens with zero attached hydrogens (tertiary/aromatic N) is 1. The molecule has 0 spiro atoms. The standard InChI is InChI=1S/C24H28N4O2/c1-17-14-18(15-26-12-5-13-30-2)16-27-23(17)19-8-10-20(11-9-19)24(29)28-22-7-4-3-6-21(22)25/h3-4,6-11,14,16,26H,5,12-13,15,25H2,1-2H3,(H,28,29). The van der Waals surface area contributed by atoms with Crippen molar-refractivity contribution < 1.29 is 9.53 Å². The van der Waals surface area contributed by atoms with Crippen LogP contribution in [-0.2, 0) is 11.3 Å². The van der Waals surface area contributed by atoms with Crippen molar-refractivity contribution in [2.45, 2.75) is 19.9 Å². The van der Waals surface area contributed by atoms with Gasteiger partial charge in [0.2, 0.25) is 0 Å². The number of methoxy groups -OCH3 is 1. The van der Waals surface area contributed by atoms with Gasteiger partial charge in [0.25, 0.3) is 5.91 Å². The molecule has 1 aromatic heterocycles. The summed E-state index contributed by atoms with van der Waals surface area (Å²) >= 11 is 0. The van der Waals surface area contributed by atoms with Gasteiger partial charge in [-0.25, -0.2) is 0 Å². The summed E-state index contributed by atoms with van der Waals surface area (Å²) in [6.45, 7) is 4.50. The lowest BCUT2D eigenvalue weighted by Gasteiger charge is -2.10. The monoisotopic (exact) mass is 404 g/mol. The summed E-state index contributed by atoms with van der Waals surface area (Å²) in [4.78, 5) is 17.1. The normalized spacial score (nSPS) is 10.7. The van der Waals surface area contributed by atoms with E-state index in [4.69, 9.17) is 10.5 Å². The van der Waals surface area contributed by atoms with Crippen LogP contribution in [0.4, 0.5) is 11.4 Å². The molecule has 3 aromatic rings. The maximum atomic E-state index is 12.5. The Bertz CT molecular complexity index is 987. The molecule has 0 radical (unpaired) electrons. The maximum absolute atomic E-state index is 12.5. The Morgan fingerprint density at radius 2 is 1.90 bits per heavy atom. The zero-order valence-corrected chi connectivity index (χ0v) is 17.4. The molecule has 1 heterocycles. The number of rotatable bonds is 9. The summed E-state index contributed by atoms with van der Waals surface area (Å²) in [5.41, 5.74) is 11.7. The number of carbonyl (C=O) groups excluding carboxylic acids is 1. The third-order valence-corrected chi connectivity index (χ3v) is 4.80. The summed E-state index contributed by atoms with van der Waals surface area (Å²) in [7, 11) is 1.71. The van der Waals surface area contributed by atoms with Gasteiger partial charge in [0.05, 0.1) is 17.1 Å². The van der Waals surface area contributed by atoms with Crippen LogP contribution >= 0.6 is 0 Å². The topological polar surface area (TPSA) is 89.3 Å². The Labute approximate surface area is 177 Å². The molecular weight excluding hydrogens is 376 g/mol. The van der Waals surface area contributed by atoms with E-state index in [0.717, 1.165) is 48.5 Å². The highest BCUT2D eigenvalue weighted by atomic mass is 16.5. The largest absolute Gasteiger partial charge is 0.397 e. The number of aromatic nitrogens is 1. The van der Waals surface area contributed by atoms with Crippen LogP contribution in [0.3, 0.4) is 0 Å². The molecular formula is C24H28N4O2. The van der Waals surface area contributed by atoms with Crippen molar-refractivity contribution in [2.75, 3.05) is 31.3 Å². The van der Waals surface area contributed by atoms with E-state index < -0.39 is 0 Å². The van der Waals surface area contributed by atoms with Crippen LogP contribution in [0.25, 0.3) is 11.3 Å². The Kier molecular flexibility index (Phi) is 7.54. The molecule has 3 rings (SSSR count). The number of nitrogens with one attached hydrogen (secondary N) is 2. The van der Waals surface area contributed by atoms with Crippen LogP contribution in [0.15, 0.2) is 60.8 Å². The number of anilines is 2. The lowest BCUT2D eigenvalue weighted by atomic mass is 10.0. The van der Waals surface area contributed by atoms with Gasteiger partial charge in [0.15, 0.2) is 0 Å². The van der Waals surface area contributed by atoms with Gasteiger partial charge in [-0.3, -0.25) is 9.78 Å². The molecule has 0 fully saturated rings. The van der Waals surface area contributed by atoms with Gasteiger partial charge in [0, 0.05) is 37.6 Å². The van der Waals surface area contributed by atoms with E-state index in [0.29, 0.717) is 16.9 Å². The molecule has 0 atom stereocenters. The highest BCUT2D eigenvalue weighted by Gasteiger charge is 2.10. The van der Waals surface area contributed by atoms with Crippen molar-refractivity contribution in [1.29, 1.82) is 0 Å². The second-order valence-electron chi connectivity index (χ2n) is 7.15. The summed E-state index contributed by atoms with van der Waals surface area (Å²) in [5, 5.41) is 6.24. The fourth-order valence-corrected chi connectivity index (χ4v) is 3.19. The second-order valence-corrected chi connectivity index (χ2v) is 7.15. The van der Waals surface area contributed by atoms with Crippen LogP contribution in [0.1, 0.15) is 27.9 Å². The van der Waals surface area contributed by atoms with E-state index >= 15 is 0 Å². The number of nitrogens with two attached hydrogens (primary N) is 1. The molecule has 0 saturated heterocycles. The first-order valence-electron chi connectivity index (χ1n) is 10.00. The van der Waals surface area contributed by atoms with Crippen LogP contribution < -0.4 is 16.4 Å². The summed E-state index contributed by atoms with van der Waals surface area (Å²) in [5.74, 6) is -0.195. The Morgan fingerprint density at radius 1 is 1.13 bits per heavy atom. The quantitative estimate of drug-likeness (QED) is 0.370. The minimum atomic E-state index is -0.195. The second kappa shape index (κ2) is 10.5. The summed E-state index contributed by atoms with van der Waals surface area (Å²) in [6, 6.07) is 16.8. The average Bonchev–Trinajstić information content (AvgIpc) is 2.75. The summed E-state index contributed by atoms with van der Waals surface area (Å²) in [6.07, 6.45) is 2.88. The number of para-hydroxylation sites is 2. The zero-order valence-electron chi connectivity index (χ0n) is 17.4. The number of carbonyl (C=O) groups is 1. The SMILES string of the molecule is COCCCNCc1cnc(-c2ccc(C(=O)Nc3ccccc3N)cc2)c(C)c1.